The molecule has 4 heterocycles. The Labute approximate surface area is 213 Å². The molecule has 1 atom stereocenters. The van der Waals surface area contributed by atoms with E-state index in [9.17, 15) is 4.79 Å². The lowest BCUT2D eigenvalue weighted by Gasteiger charge is -2.32. The van der Waals surface area contributed by atoms with Crippen LogP contribution in [-0.2, 0) is 4.79 Å². The number of ether oxygens (including phenoxy) is 1. The molecule has 0 aliphatic carbocycles. The monoisotopic (exact) mass is 504 g/mol. The molecule has 1 unspecified atom stereocenters. The molecule has 1 amide bonds. The molecule has 1 aliphatic heterocycles. The van der Waals surface area contributed by atoms with Crippen LogP contribution in [0.15, 0.2) is 71.3 Å². The third kappa shape index (κ3) is 5.80. The highest BCUT2D eigenvalue weighted by molar-refractivity contribution is 6.30. The summed E-state index contributed by atoms with van der Waals surface area (Å²) in [4.78, 5) is 14.9. The lowest BCUT2D eigenvalue weighted by atomic mass is 9.97. The second-order valence-corrected chi connectivity index (χ2v) is 8.88. The minimum Gasteiger partial charge on any atom is -0.475 e. The predicted molar refractivity (Wildman–Crippen MR) is 136 cm³/mol. The van der Waals surface area contributed by atoms with Crippen LogP contribution in [0.3, 0.4) is 0 Å². The van der Waals surface area contributed by atoms with Crippen LogP contribution in [-0.4, -0.2) is 52.5 Å². The average Bonchev–Trinajstić information content (AvgIpc) is 3.47. The Morgan fingerprint density at radius 3 is 2.58 bits per heavy atom. The maximum atomic E-state index is 12.8. The molecule has 10 heteroatoms. The zero-order chi connectivity index (χ0) is 24.7. The molecule has 1 fully saturated rings. The predicted octanol–water partition coefficient (Wildman–Crippen LogP) is 4.26. The second-order valence-electron chi connectivity index (χ2n) is 8.44. The standard InChI is InChI=1S/C26H25ClN6O3/c27-20-7-5-18(6-8-20)21-9-11-24(31-29-21)33-14-1-3-19(17-33)26(34)28-13-16-36-25-12-10-22(30-32-25)23-4-2-15-35-23/h2,4-12,15,19H,1,3,13-14,16-17H2,(H,28,34). The number of nitrogens with zero attached hydrogens (tertiary/aromatic N) is 5. The van der Waals surface area contributed by atoms with Crippen molar-refractivity contribution in [3.05, 3.63) is 71.9 Å². The van der Waals surface area contributed by atoms with E-state index in [1.807, 2.05) is 42.5 Å². The number of piperidine rings is 1. The fourth-order valence-corrected chi connectivity index (χ4v) is 4.22. The van der Waals surface area contributed by atoms with Gasteiger partial charge >= 0.3 is 0 Å². The number of carbonyl (C=O) groups is 1. The van der Waals surface area contributed by atoms with Gasteiger partial charge in [-0.3, -0.25) is 4.79 Å². The lowest BCUT2D eigenvalue weighted by Crippen LogP contribution is -2.44. The molecular weight excluding hydrogens is 480 g/mol. The van der Waals surface area contributed by atoms with Crippen molar-refractivity contribution >= 4 is 23.3 Å². The number of aromatic nitrogens is 4. The third-order valence-electron chi connectivity index (χ3n) is 5.97. The molecule has 1 N–H and O–H groups in total. The van der Waals surface area contributed by atoms with Crippen LogP contribution in [0.5, 0.6) is 5.88 Å². The number of anilines is 1. The topological polar surface area (TPSA) is 106 Å². The molecule has 0 spiro atoms. The molecule has 4 aromatic rings. The first-order valence-corrected chi connectivity index (χ1v) is 12.2. The normalized spacial score (nSPS) is 15.5. The van der Waals surface area contributed by atoms with Gasteiger partial charge in [-0.15, -0.1) is 20.4 Å². The van der Waals surface area contributed by atoms with E-state index in [1.54, 1.807) is 24.5 Å². The van der Waals surface area contributed by atoms with Gasteiger partial charge in [0.1, 0.15) is 12.3 Å². The summed E-state index contributed by atoms with van der Waals surface area (Å²) in [7, 11) is 0. The molecule has 36 heavy (non-hydrogen) atoms. The quantitative estimate of drug-likeness (QED) is 0.355. The van der Waals surface area contributed by atoms with E-state index in [1.165, 1.54) is 0 Å². The smallest absolute Gasteiger partial charge is 0.233 e. The van der Waals surface area contributed by atoms with Gasteiger partial charge in [-0.05, 0) is 55.3 Å². The van der Waals surface area contributed by atoms with Crippen molar-refractivity contribution in [1.82, 2.24) is 25.7 Å². The largest absolute Gasteiger partial charge is 0.475 e. The van der Waals surface area contributed by atoms with E-state index in [0.717, 1.165) is 36.5 Å². The van der Waals surface area contributed by atoms with Gasteiger partial charge in [0.2, 0.25) is 11.8 Å². The van der Waals surface area contributed by atoms with Crippen LogP contribution in [0.2, 0.25) is 5.02 Å². The first kappa shape index (κ1) is 23.7. The Morgan fingerprint density at radius 2 is 1.86 bits per heavy atom. The van der Waals surface area contributed by atoms with Gasteiger partial charge < -0.3 is 19.4 Å². The van der Waals surface area contributed by atoms with E-state index in [0.29, 0.717) is 42.1 Å². The van der Waals surface area contributed by atoms with E-state index in [-0.39, 0.29) is 11.8 Å². The molecule has 0 bridgehead atoms. The van der Waals surface area contributed by atoms with Crippen LogP contribution in [0.25, 0.3) is 22.7 Å². The number of carbonyl (C=O) groups excluding carboxylic acids is 1. The minimum absolute atomic E-state index is 0.00768. The number of amides is 1. The number of nitrogens with one attached hydrogen (secondary N) is 1. The van der Waals surface area contributed by atoms with Gasteiger partial charge in [0.25, 0.3) is 0 Å². The number of hydrogen-bond donors (Lipinski definition) is 1. The summed E-state index contributed by atoms with van der Waals surface area (Å²) in [6.45, 7) is 2.12. The Morgan fingerprint density at radius 1 is 1.03 bits per heavy atom. The van der Waals surface area contributed by atoms with E-state index in [2.05, 4.69) is 30.6 Å². The summed E-state index contributed by atoms with van der Waals surface area (Å²) in [5.41, 5.74) is 2.37. The van der Waals surface area contributed by atoms with Crippen LogP contribution < -0.4 is 15.0 Å². The van der Waals surface area contributed by atoms with E-state index < -0.39 is 0 Å². The molecule has 1 saturated heterocycles. The molecular formula is C26H25ClN6O3. The molecule has 1 aliphatic rings. The zero-order valence-corrected chi connectivity index (χ0v) is 20.3. The molecule has 9 nitrogen and oxygen atoms in total. The number of hydrogen-bond acceptors (Lipinski definition) is 8. The van der Waals surface area contributed by atoms with Gasteiger partial charge in [0, 0.05) is 29.7 Å². The number of furan rings is 1. The van der Waals surface area contributed by atoms with Crippen molar-refractivity contribution in [3.8, 4) is 28.6 Å². The van der Waals surface area contributed by atoms with Crippen LogP contribution >= 0.6 is 11.6 Å². The highest BCUT2D eigenvalue weighted by Crippen LogP contribution is 2.24. The van der Waals surface area contributed by atoms with Gasteiger partial charge in [-0.25, -0.2) is 0 Å². The molecule has 184 valence electrons. The number of benzene rings is 1. The summed E-state index contributed by atoms with van der Waals surface area (Å²) in [6, 6.07) is 18.5. The van der Waals surface area contributed by atoms with Crippen molar-refractivity contribution < 1.29 is 13.9 Å². The number of rotatable bonds is 8. The van der Waals surface area contributed by atoms with E-state index in [4.69, 9.17) is 20.8 Å². The zero-order valence-electron chi connectivity index (χ0n) is 19.5. The summed E-state index contributed by atoms with van der Waals surface area (Å²) in [5.74, 6) is 1.69. The minimum atomic E-state index is -0.121. The van der Waals surface area contributed by atoms with Crippen LogP contribution in [0, 0.1) is 5.92 Å². The maximum Gasteiger partial charge on any atom is 0.233 e. The summed E-state index contributed by atoms with van der Waals surface area (Å²) in [6.07, 6.45) is 3.33. The first-order valence-electron chi connectivity index (χ1n) is 11.8. The maximum absolute atomic E-state index is 12.8. The van der Waals surface area contributed by atoms with Gasteiger partial charge in [-0.2, -0.15) is 0 Å². The highest BCUT2D eigenvalue weighted by Gasteiger charge is 2.26. The van der Waals surface area contributed by atoms with Gasteiger partial charge in [0.05, 0.1) is 24.4 Å². The first-order chi connectivity index (χ1) is 17.7. The summed E-state index contributed by atoms with van der Waals surface area (Å²) in [5, 5.41) is 20.5. The highest BCUT2D eigenvalue weighted by atomic mass is 35.5. The van der Waals surface area contributed by atoms with Gasteiger partial charge in [0.15, 0.2) is 11.6 Å². The molecule has 0 saturated carbocycles. The Bertz CT molecular complexity index is 1260. The second kappa shape index (κ2) is 11.2. The van der Waals surface area contributed by atoms with Gasteiger partial charge in [-0.1, -0.05) is 23.7 Å². The SMILES string of the molecule is O=C(NCCOc1ccc(-c2ccco2)nn1)C1CCCN(c2ccc(-c3ccc(Cl)cc3)nn2)C1. The fraction of sp³-hybridized carbons (Fsp3) is 0.269. The van der Waals surface area contributed by atoms with Crippen molar-refractivity contribution in [1.29, 1.82) is 0 Å². The molecule has 3 aromatic heterocycles. The van der Waals surface area contributed by atoms with Crippen LogP contribution in [0.1, 0.15) is 12.8 Å². The molecule has 1 aromatic carbocycles. The lowest BCUT2D eigenvalue weighted by molar-refractivity contribution is -0.125. The number of halogens is 1. The van der Waals surface area contributed by atoms with Crippen molar-refractivity contribution in [3.63, 3.8) is 0 Å². The molecule has 0 radical (unpaired) electrons. The Balaban J connectivity index is 1.08. The Kier molecular flexibility index (Phi) is 7.37. The van der Waals surface area contributed by atoms with Crippen molar-refractivity contribution in [2.75, 3.05) is 31.1 Å². The Hall–Kier alpha value is -3.98. The fourth-order valence-electron chi connectivity index (χ4n) is 4.09. The molecule has 5 rings (SSSR count). The van der Waals surface area contributed by atoms with E-state index >= 15 is 0 Å². The van der Waals surface area contributed by atoms with Crippen LogP contribution in [0.4, 0.5) is 5.82 Å². The average molecular weight is 505 g/mol. The van der Waals surface area contributed by atoms with Crippen molar-refractivity contribution in [2.45, 2.75) is 12.8 Å². The van der Waals surface area contributed by atoms with Crippen molar-refractivity contribution in [2.24, 2.45) is 5.92 Å². The third-order valence-corrected chi connectivity index (χ3v) is 6.22. The summed E-state index contributed by atoms with van der Waals surface area (Å²) >= 11 is 5.96. The summed E-state index contributed by atoms with van der Waals surface area (Å²) < 4.78 is 10.9.